The van der Waals surface area contributed by atoms with Crippen LogP contribution in [-0.4, -0.2) is 44.3 Å². The number of carbonyl (C=O) groups excluding carboxylic acids is 2. The Balaban J connectivity index is 1.79. The van der Waals surface area contributed by atoms with Crippen molar-refractivity contribution in [3.05, 3.63) is 131 Å². The largest absolute Gasteiger partial charge is 0.355 e. The van der Waals surface area contributed by atoms with Crippen molar-refractivity contribution < 1.29 is 22.4 Å². The number of anilines is 1. The number of hydrogen-bond acceptors (Lipinski definition) is 4. The molecule has 10 heteroatoms. The van der Waals surface area contributed by atoms with Gasteiger partial charge in [0.05, 0.1) is 10.6 Å². The fourth-order valence-corrected chi connectivity index (χ4v) is 6.28. The first kappa shape index (κ1) is 31.7. The summed E-state index contributed by atoms with van der Waals surface area (Å²) >= 11 is 6.24. The van der Waals surface area contributed by atoms with Crippen molar-refractivity contribution in [2.24, 2.45) is 0 Å². The van der Waals surface area contributed by atoms with Crippen molar-refractivity contribution in [2.75, 3.05) is 17.4 Å². The number of benzene rings is 4. The van der Waals surface area contributed by atoms with Crippen LogP contribution in [0, 0.1) is 12.7 Å². The SMILES string of the molecule is CCNC(=O)C(Cc1ccccc1)N(Cc1cccc(Cl)c1)C(=O)CN(c1ccc(F)cc1)S(=O)(=O)c1ccc(C)cc1. The van der Waals surface area contributed by atoms with Gasteiger partial charge in [-0.05, 0) is 73.5 Å². The first-order chi connectivity index (χ1) is 20.6. The lowest BCUT2D eigenvalue weighted by atomic mass is 10.0. The van der Waals surface area contributed by atoms with E-state index in [4.69, 9.17) is 11.6 Å². The quantitative estimate of drug-likeness (QED) is 0.218. The van der Waals surface area contributed by atoms with Crippen molar-refractivity contribution >= 4 is 39.1 Å². The third-order valence-electron chi connectivity index (χ3n) is 6.87. The molecule has 7 nitrogen and oxygen atoms in total. The maximum Gasteiger partial charge on any atom is 0.264 e. The fraction of sp³-hybridized carbons (Fsp3) is 0.212. The van der Waals surface area contributed by atoms with E-state index in [0.29, 0.717) is 17.1 Å². The van der Waals surface area contributed by atoms with Gasteiger partial charge in [-0.1, -0.05) is 71.8 Å². The van der Waals surface area contributed by atoms with Crippen molar-refractivity contribution in [1.29, 1.82) is 0 Å². The molecule has 0 bridgehead atoms. The molecule has 1 atom stereocenters. The fourth-order valence-electron chi connectivity index (χ4n) is 4.65. The highest BCUT2D eigenvalue weighted by Gasteiger charge is 2.34. The van der Waals surface area contributed by atoms with E-state index >= 15 is 0 Å². The van der Waals surface area contributed by atoms with Crippen LogP contribution in [0.2, 0.25) is 5.02 Å². The summed E-state index contributed by atoms with van der Waals surface area (Å²) in [5, 5.41) is 3.27. The zero-order chi connectivity index (χ0) is 31.0. The minimum Gasteiger partial charge on any atom is -0.355 e. The Morgan fingerprint density at radius 3 is 2.16 bits per heavy atom. The number of nitrogens with zero attached hydrogens (tertiary/aromatic N) is 2. The second kappa shape index (κ2) is 14.3. The van der Waals surface area contributed by atoms with Crippen molar-refractivity contribution in [3.63, 3.8) is 0 Å². The van der Waals surface area contributed by atoms with Gasteiger partial charge in [-0.25, -0.2) is 12.8 Å². The standard InChI is InChI=1S/C33H33ClFN3O4S/c1-3-36-33(40)31(21-25-8-5-4-6-9-25)37(22-26-10-7-11-27(34)20-26)32(39)23-38(29-16-14-28(35)15-17-29)43(41,42)30-18-12-24(2)13-19-30/h4-20,31H,3,21-23H2,1-2H3,(H,36,40). The maximum absolute atomic E-state index is 14.3. The van der Waals surface area contributed by atoms with Crippen LogP contribution >= 0.6 is 11.6 Å². The van der Waals surface area contributed by atoms with Crippen LogP contribution in [0.25, 0.3) is 0 Å². The molecule has 4 rings (SSSR count). The summed E-state index contributed by atoms with van der Waals surface area (Å²) in [4.78, 5) is 29.1. The zero-order valence-electron chi connectivity index (χ0n) is 23.9. The van der Waals surface area contributed by atoms with E-state index in [0.717, 1.165) is 27.6 Å². The highest BCUT2D eigenvalue weighted by atomic mass is 35.5. The molecule has 0 saturated heterocycles. The van der Waals surface area contributed by atoms with Crippen molar-refractivity contribution in [1.82, 2.24) is 10.2 Å². The summed E-state index contributed by atoms with van der Waals surface area (Å²) in [7, 11) is -4.27. The van der Waals surface area contributed by atoms with Crippen LogP contribution in [0.15, 0.2) is 108 Å². The Morgan fingerprint density at radius 1 is 0.884 bits per heavy atom. The number of amides is 2. The van der Waals surface area contributed by atoms with Crippen LogP contribution in [0.1, 0.15) is 23.6 Å². The third kappa shape index (κ3) is 8.21. The minimum absolute atomic E-state index is 0.00410. The van der Waals surface area contributed by atoms with Gasteiger partial charge < -0.3 is 10.2 Å². The van der Waals surface area contributed by atoms with Crippen LogP contribution in [0.3, 0.4) is 0 Å². The van der Waals surface area contributed by atoms with Crippen molar-refractivity contribution in [3.8, 4) is 0 Å². The summed E-state index contributed by atoms with van der Waals surface area (Å²) in [6.45, 7) is 3.32. The monoisotopic (exact) mass is 621 g/mol. The second-order valence-corrected chi connectivity index (χ2v) is 12.4. The summed E-state index contributed by atoms with van der Waals surface area (Å²) < 4.78 is 42.7. The van der Waals surface area contributed by atoms with Gasteiger partial charge in [-0.2, -0.15) is 0 Å². The molecule has 0 heterocycles. The molecule has 0 spiro atoms. The molecule has 43 heavy (non-hydrogen) atoms. The van der Waals surface area contributed by atoms with Gasteiger partial charge in [0.2, 0.25) is 11.8 Å². The number of rotatable bonds is 12. The molecule has 0 fully saturated rings. The highest BCUT2D eigenvalue weighted by molar-refractivity contribution is 7.92. The zero-order valence-corrected chi connectivity index (χ0v) is 25.5. The third-order valence-corrected chi connectivity index (χ3v) is 8.89. The molecule has 4 aromatic rings. The predicted molar refractivity (Wildman–Crippen MR) is 167 cm³/mol. The predicted octanol–water partition coefficient (Wildman–Crippen LogP) is 5.76. The normalized spacial score (nSPS) is 11.9. The van der Waals surface area contributed by atoms with E-state index in [9.17, 15) is 22.4 Å². The average molecular weight is 622 g/mol. The van der Waals surface area contributed by atoms with E-state index in [1.807, 2.05) is 37.3 Å². The van der Waals surface area contributed by atoms with Crippen LogP contribution in [0.4, 0.5) is 10.1 Å². The first-order valence-corrected chi connectivity index (χ1v) is 15.6. The number of nitrogens with one attached hydrogen (secondary N) is 1. The molecule has 0 saturated carbocycles. The van der Waals surface area contributed by atoms with E-state index < -0.39 is 34.3 Å². The molecule has 1 N–H and O–H groups in total. The van der Waals surface area contributed by atoms with E-state index in [1.54, 1.807) is 43.3 Å². The lowest BCUT2D eigenvalue weighted by Crippen LogP contribution is -2.53. The topological polar surface area (TPSA) is 86.8 Å². The molecule has 2 amide bonds. The first-order valence-electron chi connectivity index (χ1n) is 13.8. The van der Waals surface area contributed by atoms with E-state index in [2.05, 4.69) is 5.32 Å². The smallest absolute Gasteiger partial charge is 0.264 e. The van der Waals surface area contributed by atoms with Gasteiger partial charge in [0, 0.05) is 24.5 Å². The Labute approximate surface area is 257 Å². The number of aryl methyl sites for hydroxylation is 1. The number of carbonyl (C=O) groups is 2. The molecule has 0 aliphatic rings. The summed E-state index contributed by atoms with van der Waals surface area (Å²) in [5.41, 5.74) is 2.46. The minimum atomic E-state index is -4.27. The van der Waals surface area contributed by atoms with Gasteiger partial charge in [0.25, 0.3) is 10.0 Å². The molecule has 4 aromatic carbocycles. The molecule has 0 radical (unpaired) electrons. The van der Waals surface area contributed by atoms with Crippen LogP contribution in [-0.2, 0) is 32.6 Å². The van der Waals surface area contributed by atoms with Gasteiger partial charge in [0.1, 0.15) is 18.4 Å². The number of likely N-dealkylation sites (N-methyl/N-ethyl adjacent to an activating group) is 1. The van der Waals surface area contributed by atoms with Gasteiger partial charge >= 0.3 is 0 Å². The molecule has 224 valence electrons. The Kier molecular flexibility index (Phi) is 10.6. The Morgan fingerprint density at radius 2 is 1.53 bits per heavy atom. The Bertz CT molecular complexity index is 1650. The molecule has 0 aromatic heterocycles. The molecular weight excluding hydrogens is 589 g/mol. The number of halogens is 2. The summed E-state index contributed by atoms with van der Waals surface area (Å²) in [6, 6.07) is 26.3. The lowest BCUT2D eigenvalue weighted by molar-refractivity contribution is -0.140. The van der Waals surface area contributed by atoms with Gasteiger partial charge in [-0.3, -0.25) is 13.9 Å². The van der Waals surface area contributed by atoms with Crippen LogP contribution in [0.5, 0.6) is 0 Å². The number of hydrogen-bond donors (Lipinski definition) is 1. The summed E-state index contributed by atoms with van der Waals surface area (Å²) in [5.74, 6) is -1.55. The molecule has 0 aliphatic heterocycles. The number of sulfonamides is 1. The Hall–Kier alpha value is -4.21. The van der Waals surface area contributed by atoms with E-state index in [-0.39, 0.29) is 29.5 Å². The van der Waals surface area contributed by atoms with Gasteiger partial charge in [0.15, 0.2) is 0 Å². The maximum atomic E-state index is 14.3. The molecule has 1 unspecified atom stereocenters. The molecular formula is C33H33ClFN3O4S. The van der Waals surface area contributed by atoms with Crippen molar-refractivity contribution in [2.45, 2.75) is 37.8 Å². The second-order valence-electron chi connectivity index (χ2n) is 10.1. The van der Waals surface area contributed by atoms with Crippen LogP contribution < -0.4 is 9.62 Å². The highest BCUT2D eigenvalue weighted by Crippen LogP contribution is 2.26. The lowest BCUT2D eigenvalue weighted by Gasteiger charge is -2.33. The average Bonchev–Trinajstić information content (AvgIpc) is 2.99. The van der Waals surface area contributed by atoms with E-state index in [1.165, 1.54) is 29.2 Å². The molecule has 0 aliphatic carbocycles. The van der Waals surface area contributed by atoms with Gasteiger partial charge in [-0.15, -0.1) is 0 Å². The summed E-state index contributed by atoms with van der Waals surface area (Å²) in [6.07, 6.45) is 0.195.